The first-order chi connectivity index (χ1) is 11.5. The summed E-state index contributed by atoms with van der Waals surface area (Å²) in [6.07, 6.45) is 1.23. The van der Waals surface area contributed by atoms with Crippen molar-refractivity contribution < 1.29 is 14.8 Å². The number of amides is 1. The van der Waals surface area contributed by atoms with E-state index >= 15 is 0 Å². The summed E-state index contributed by atoms with van der Waals surface area (Å²) in [7, 11) is 0. The molecule has 2 N–H and O–H groups in total. The summed E-state index contributed by atoms with van der Waals surface area (Å²) in [5, 5.41) is 28.7. The maximum atomic E-state index is 11.7. The second kappa shape index (κ2) is 7.73. The van der Waals surface area contributed by atoms with E-state index in [4.69, 9.17) is 0 Å². The van der Waals surface area contributed by atoms with Gasteiger partial charge in [0.1, 0.15) is 0 Å². The van der Waals surface area contributed by atoms with Gasteiger partial charge in [-0.25, -0.2) is 5.43 Å². The van der Waals surface area contributed by atoms with Gasteiger partial charge in [-0.05, 0) is 24.3 Å². The molecule has 124 valence electrons. The van der Waals surface area contributed by atoms with Crippen molar-refractivity contribution in [3.63, 3.8) is 0 Å². The van der Waals surface area contributed by atoms with Crippen LogP contribution >= 0.6 is 0 Å². The minimum Gasteiger partial charge on any atom is -0.868 e. The second-order valence-electron chi connectivity index (χ2n) is 4.95. The maximum Gasteiger partial charge on any atom is 0.262 e. The van der Waals surface area contributed by atoms with Crippen LogP contribution in [0, 0.1) is 17.0 Å². The number of hydrogen-bond acceptors (Lipinski definition) is 6. The van der Waals surface area contributed by atoms with Crippen molar-refractivity contribution in [1.29, 1.82) is 0 Å². The number of para-hydroxylation sites is 1. The number of nitro groups is 1. The van der Waals surface area contributed by atoms with Gasteiger partial charge >= 0.3 is 0 Å². The zero-order valence-corrected chi connectivity index (χ0v) is 12.9. The molecule has 0 bridgehead atoms. The average molecular weight is 327 g/mol. The van der Waals surface area contributed by atoms with E-state index in [-0.39, 0.29) is 12.5 Å². The lowest BCUT2D eigenvalue weighted by Gasteiger charge is -2.08. The van der Waals surface area contributed by atoms with Crippen molar-refractivity contribution in [3.05, 3.63) is 63.7 Å². The SMILES string of the molecule is Cc1ccccc1NCC(=O)NN=Cc1ccc([O-])c([N+](=O)[O-])c1. The molecule has 0 fully saturated rings. The number of benzene rings is 2. The number of carbonyl (C=O) groups excluding carboxylic acids is 1. The first-order valence-corrected chi connectivity index (χ1v) is 7.04. The molecule has 0 radical (unpaired) electrons. The molecule has 0 spiro atoms. The summed E-state index contributed by atoms with van der Waals surface area (Å²) in [6, 6.07) is 11.1. The normalized spacial score (nSPS) is 10.5. The molecule has 0 aliphatic rings. The van der Waals surface area contributed by atoms with Crippen LogP contribution in [0.2, 0.25) is 0 Å². The lowest BCUT2D eigenvalue weighted by atomic mass is 10.2. The third-order valence-electron chi connectivity index (χ3n) is 3.17. The number of rotatable bonds is 6. The molecule has 0 unspecified atom stereocenters. The van der Waals surface area contributed by atoms with Crippen LogP contribution in [0.1, 0.15) is 11.1 Å². The van der Waals surface area contributed by atoms with Crippen LogP contribution in [-0.4, -0.2) is 23.6 Å². The number of hydrogen-bond donors (Lipinski definition) is 2. The van der Waals surface area contributed by atoms with E-state index in [1.807, 2.05) is 31.2 Å². The quantitative estimate of drug-likeness (QED) is 0.474. The summed E-state index contributed by atoms with van der Waals surface area (Å²) in [6.45, 7) is 1.95. The third-order valence-corrected chi connectivity index (χ3v) is 3.17. The molecule has 24 heavy (non-hydrogen) atoms. The number of nitro benzene ring substituents is 1. The standard InChI is InChI=1S/C16H16N4O4/c1-11-4-2-3-5-13(11)17-10-16(22)19-18-9-12-6-7-15(21)14(8-12)20(23)24/h2-9,17,21H,10H2,1H3,(H,19,22)/p-1. The van der Waals surface area contributed by atoms with Crippen molar-refractivity contribution in [2.75, 3.05) is 11.9 Å². The number of anilines is 1. The molecule has 0 aliphatic heterocycles. The zero-order valence-electron chi connectivity index (χ0n) is 12.9. The van der Waals surface area contributed by atoms with Gasteiger partial charge in [0.05, 0.1) is 17.7 Å². The smallest absolute Gasteiger partial charge is 0.262 e. The van der Waals surface area contributed by atoms with E-state index in [0.717, 1.165) is 23.4 Å². The Morgan fingerprint density at radius 2 is 2.04 bits per heavy atom. The minimum absolute atomic E-state index is 0.0296. The van der Waals surface area contributed by atoms with Crippen LogP contribution in [0.15, 0.2) is 47.6 Å². The summed E-state index contributed by atoms with van der Waals surface area (Å²) in [5.74, 6) is -1.05. The number of nitrogens with one attached hydrogen (secondary N) is 2. The van der Waals surface area contributed by atoms with Gasteiger partial charge in [-0.15, -0.1) is 0 Å². The first-order valence-electron chi connectivity index (χ1n) is 7.04. The molecule has 0 saturated heterocycles. The number of hydrazone groups is 1. The highest BCUT2D eigenvalue weighted by Crippen LogP contribution is 2.22. The fourth-order valence-corrected chi connectivity index (χ4v) is 1.92. The van der Waals surface area contributed by atoms with Crippen molar-refractivity contribution >= 4 is 23.5 Å². The van der Waals surface area contributed by atoms with E-state index in [9.17, 15) is 20.0 Å². The molecule has 8 nitrogen and oxygen atoms in total. The fraction of sp³-hybridized carbons (Fsp3) is 0.125. The molecule has 2 rings (SSSR count). The Balaban J connectivity index is 1.90. The molecule has 2 aromatic carbocycles. The van der Waals surface area contributed by atoms with Crippen molar-refractivity contribution in [2.45, 2.75) is 6.92 Å². The maximum absolute atomic E-state index is 11.7. The predicted octanol–water partition coefficient (Wildman–Crippen LogP) is 1.54. The molecular weight excluding hydrogens is 312 g/mol. The molecule has 8 heteroatoms. The Bertz CT molecular complexity index is 789. The molecule has 0 atom stereocenters. The highest BCUT2D eigenvalue weighted by atomic mass is 16.6. The van der Waals surface area contributed by atoms with Crippen molar-refractivity contribution in [3.8, 4) is 5.75 Å². The van der Waals surface area contributed by atoms with Crippen LogP contribution in [0.5, 0.6) is 5.75 Å². The largest absolute Gasteiger partial charge is 0.868 e. The van der Waals surface area contributed by atoms with Crippen LogP contribution < -0.4 is 15.8 Å². The van der Waals surface area contributed by atoms with Crippen LogP contribution in [-0.2, 0) is 4.79 Å². The Morgan fingerprint density at radius 3 is 2.75 bits per heavy atom. The molecule has 1 amide bonds. The van der Waals surface area contributed by atoms with E-state index in [2.05, 4.69) is 15.8 Å². The summed E-state index contributed by atoms with van der Waals surface area (Å²) < 4.78 is 0. The second-order valence-corrected chi connectivity index (χ2v) is 4.95. The van der Waals surface area contributed by atoms with Crippen molar-refractivity contribution in [2.24, 2.45) is 5.10 Å². The highest BCUT2D eigenvalue weighted by molar-refractivity contribution is 5.85. The molecule has 0 heterocycles. The topological polar surface area (TPSA) is 120 Å². The Hall–Kier alpha value is -3.42. The van der Waals surface area contributed by atoms with Gasteiger partial charge in [0.2, 0.25) is 0 Å². The van der Waals surface area contributed by atoms with E-state index in [0.29, 0.717) is 5.56 Å². The number of carbonyl (C=O) groups is 1. The number of nitrogens with zero attached hydrogens (tertiary/aromatic N) is 2. The lowest BCUT2D eigenvalue weighted by molar-refractivity contribution is -0.398. The van der Waals surface area contributed by atoms with Gasteiger partial charge in [-0.2, -0.15) is 5.10 Å². The van der Waals surface area contributed by atoms with Gasteiger partial charge in [0.15, 0.2) is 0 Å². The molecule has 0 aromatic heterocycles. The van der Waals surface area contributed by atoms with Crippen LogP contribution in [0.3, 0.4) is 0 Å². The highest BCUT2D eigenvalue weighted by Gasteiger charge is 2.07. The van der Waals surface area contributed by atoms with Gasteiger partial charge in [0.25, 0.3) is 11.6 Å². The van der Waals surface area contributed by atoms with Gasteiger partial charge in [0, 0.05) is 17.3 Å². The summed E-state index contributed by atoms with van der Waals surface area (Å²) in [4.78, 5) is 21.6. The molecule has 0 saturated carbocycles. The average Bonchev–Trinajstić information content (AvgIpc) is 2.55. The zero-order chi connectivity index (χ0) is 17.5. The monoisotopic (exact) mass is 327 g/mol. The molecular formula is C16H15N4O4-. The molecule has 0 aliphatic carbocycles. The van der Waals surface area contributed by atoms with Crippen molar-refractivity contribution in [1.82, 2.24) is 5.43 Å². The number of aryl methyl sites for hydroxylation is 1. The Morgan fingerprint density at radius 1 is 1.29 bits per heavy atom. The predicted molar refractivity (Wildman–Crippen MR) is 87.9 cm³/mol. The summed E-state index contributed by atoms with van der Waals surface area (Å²) >= 11 is 0. The third kappa shape index (κ3) is 4.54. The van der Waals surface area contributed by atoms with Gasteiger partial charge in [-0.1, -0.05) is 30.3 Å². The summed E-state index contributed by atoms with van der Waals surface area (Å²) in [5.41, 5.74) is 3.97. The first kappa shape index (κ1) is 16.9. The fourth-order valence-electron chi connectivity index (χ4n) is 1.92. The van der Waals surface area contributed by atoms with E-state index in [1.54, 1.807) is 0 Å². The molecule has 2 aromatic rings. The Kier molecular flexibility index (Phi) is 5.45. The van der Waals surface area contributed by atoms with E-state index in [1.165, 1.54) is 12.3 Å². The Labute approximate surface area is 138 Å². The minimum atomic E-state index is -0.760. The van der Waals surface area contributed by atoms with E-state index < -0.39 is 16.4 Å². The van der Waals surface area contributed by atoms with Gasteiger partial charge in [-0.3, -0.25) is 14.9 Å². The van der Waals surface area contributed by atoms with Crippen LogP contribution in [0.25, 0.3) is 0 Å². The lowest BCUT2D eigenvalue weighted by Crippen LogP contribution is -2.26. The van der Waals surface area contributed by atoms with Gasteiger partial charge < -0.3 is 10.4 Å². The van der Waals surface area contributed by atoms with Crippen LogP contribution in [0.4, 0.5) is 11.4 Å².